The summed E-state index contributed by atoms with van der Waals surface area (Å²) < 4.78 is 0. The Hall–Kier alpha value is -2.08. The zero-order valence-corrected chi connectivity index (χ0v) is 11.0. The van der Waals surface area contributed by atoms with Crippen LogP contribution in [0.15, 0.2) is 59.1 Å². The van der Waals surface area contributed by atoms with Crippen molar-refractivity contribution in [3.8, 4) is 0 Å². The molecule has 0 saturated carbocycles. The largest absolute Gasteiger partial charge is 0.409 e. The number of benzene rings is 1. The summed E-state index contributed by atoms with van der Waals surface area (Å²) in [4.78, 5) is 8.37. The van der Waals surface area contributed by atoms with Crippen LogP contribution in [0.5, 0.6) is 0 Å². The van der Waals surface area contributed by atoms with Crippen molar-refractivity contribution in [2.75, 3.05) is 0 Å². The first-order chi connectivity index (χ1) is 9.29. The quantitative estimate of drug-likeness (QED) is 0.218. The molecular weight excluding hydrogens is 260 g/mol. The summed E-state index contributed by atoms with van der Waals surface area (Å²) in [6.07, 6.45) is 3.82. The van der Waals surface area contributed by atoms with Gasteiger partial charge in [-0.1, -0.05) is 47.2 Å². The standard InChI is InChI=1S/C13H14N4OS/c14-12(17-18)9-11(10-5-2-1-3-6-10)19-13-15-7-4-8-16-13/h1-8,11,18H,9H2,(H2,14,17). The van der Waals surface area contributed by atoms with E-state index in [1.165, 1.54) is 11.8 Å². The molecule has 0 aliphatic carbocycles. The molecule has 0 aliphatic rings. The van der Waals surface area contributed by atoms with Crippen molar-refractivity contribution in [3.05, 3.63) is 54.4 Å². The first-order valence-corrected chi connectivity index (χ1v) is 6.62. The van der Waals surface area contributed by atoms with Crippen LogP contribution in [-0.2, 0) is 0 Å². The van der Waals surface area contributed by atoms with E-state index in [2.05, 4.69) is 15.1 Å². The van der Waals surface area contributed by atoms with Crippen LogP contribution < -0.4 is 5.73 Å². The van der Waals surface area contributed by atoms with Gasteiger partial charge in [0.1, 0.15) is 5.84 Å². The zero-order chi connectivity index (χ0) is 13.5. The van der Waals surface area contributed by atoms with Crippen LogP contribution in [0.3, 0.4) is 0 Å². The molecule has 0 spiro atoms. The predicted octanol–water partition coefficient (Wildman–Crippen LogP) is 2.45. The minimum atomic E-state index is 0.0134. The SMILES string of the molecule is NC(CC(Sc1ncccn1)c1ccccc1)=NO. The monoisotopic (exact) mass is 274 g/mol. The van der Waals surface area contributed by atoms with Gasteiger partial charge < -0.3 is 10.9 Å². The molecule has 1 heterocycles. The van der Waals surface area contributed by atoms with Gasteiger partial charge in [0.2, 0.25) is 0 Å². The first kappa shape index (κ1) is 13.4. The number of aromatic nitrogens is 2. The minimum Gasteiger partial charge on any atom is -0.409 e. The average molecular weight is 274 g/mol. The predicted molar refractivity (Wildman–Crippen MR) is 75.1 cm³/mol. The van der Waals surface area contributed by atoms with Crippen LogP contribution >= 0.6 is 11.8 Å². The molecule has 2 rings (SSSR count). The Morgan fingerprint density at radius 3 is 2.53 bits per heavy atom. The van der Waals surface area contributed by atoms with E-state index in [0.29, 0.717) is 11.6 Å². The summed E-state index contributed by atoms with van der Waals surface area (Å²) in [5.41, 5.74) is 6.70. The van der Waals surface area contributed by atoms with E-state index in [9.17, 15) is 0 Å². The Balaban J connectivity index is 2.20. The van der Waals surface area contributed by atoms with Crippen molar-refractivity contribution in [2.45, 2.75) is 16.8 Å². The van der Waals surface area contributed by atoms with Crippen LogP contribution in [0.4, 0.5) is 0 Å². The second-order valence-corrected chi connectivity index (χ2v) is 5.01. The molecule has 2 aromatic rings. The Morgan fingerprint density at radius 1 is 1.21 bits per heavy atom. The van der Waals surface area contributed by atoms with E-state index in [1.807, 2.05) is 30.3 Å². The molecule has 1 aromatic carbocycles. The van der Waals surface area contributed by atoms with Gasteiger partial charge in [-0.2, -0.15) is 0 Å². The molecule has 1 aromatic heterocycles. The van der Waals surface area contributed by atoms with Gasteiger partial charge in [-0.25, -0.2) is 9.97 Å². The van der Waals surface area contributed by atoms with E-state index >= 15 is 0 Å². The molecule has 0 aliphatic heterocycles. The number of hydrogen-bond donors (Lipinski definition) is 2. The van der Waals surface area contributed by atoms with Crippen molar-refractivity contribution in [1.29, 1.82) is 0 Å². The number of nitrogens with zero attached hydrogens (tertiary/aromatic N) is 3. The van der Waals surface area contributed by atoms with Gasteiger partial charge in [0, 0.05) is 24.1 Å². The van der Waals surface area contributed by atoms with E-state index < -0.39 is 0 Å². The van der Waals surface area contributed by atoms with Crippen molar-refractivity contribution < 1.29 is 5.21 Å². The number of thioether (sulfide) groups is 1. The highest BCUT2D eigenvalue weighted by molar-refractivity contribution is 7.99. The lowest BCUT2D eigenvalue weighted by Gasteiger charge is -2.15. The Morgan fingerprint density at radius 2 is 1.89 bits per heavy atom. The molecule has 0 radical (unpaired) electrons. The van der Waals surface area contributed by atoms with Gasteiger partial charge in [0.15, 0.2) is 5.16 Å². The van der Waals surface area contributed by atoms with Crippen LogP contribution in [0.2, 0.25) is 0 Å². The molecule has 3 N–H and O–H groups in total. The van der Waals surface area contributed by atoms with E-state index in [4.69, 9.17) is 10.9 Å². The Labute approximate surface area is 115 Å². The smallest absolute Gasteiger partial charge is 0.188 e. The Bertz CT molecular complexity index is 533. The molecule has 19 heavy (non-hydrogen) atoms. The second kappa shape index (κ2) is 6.75. The van der Waals surface area contributed by atoms with E-state index in [-0.39, 0.29) is 11.1 Å². The third-order valence-electron chi connectivity index (χ3n) is 2.48. The Kier molecular flexibility index (Phi) is 4.74. The molecule has 6 heteroatoms. The van der Waals surface area contributed by atoms with Gasteiger partial charge in [-0.3, -0.25) is 0 Å². The van der Waals surface area contributed by atoms with Gasteiger partial charge in [0.05, 0.1) is 0 Å². The number of hydrogen-bond acceptors (Lipinski definition) is 5. The fourth-order valence-electron chi connectivity index (χ4n) is 1.60. The van der Waals surface area contributed by atoms with Crippen molar-refractivity contribution in [1.82, 2.24) is 9.97 Å². The summed E-state index contributed by atoms with van der Waals surface area (Å²) in [5.74, 6) is 0.192. The summed E-state index contributed by atoms with van der Waals surface area (Å²) in [5, 5.41) is 12.4. The second-order valence-electron chi connectivity index (χ2n) is 3.84. The molecule has 0 amide bonds. The van der Waals surface area contributed by atoms with Crippen LogP contribution in [0, 0.1) is 0 Å². The number of oxime groups is 1. The van der Waals surface area contributed by atoms with Crippen molar-refractivity contribution >= 4 is 17.6 Å². The normalized spacial score (nSPS) is 13.2. The number of nitrogens with two attached hydrogens (primary N) is 1. The van der Waals surface area contributed by atoms with Gasteiger partial charge >= 0.3 is 0 Å². The van der Waals surface area contributed by atoms with E-state index in [1.54, 1.807) is 18.5 Å². The number of rotatable bonds is 5. The lowest BCUT2D eigenvalue weighted by atomic mass is 10.1. The van der Waals surface area contributed by atoms with Gasteiger partial charge in [-0.05, 0) is 11.6 Å². The molecule has 1 unspecified atom stereocenters. The van der Waals surface area contributed by atoms with Crippen LogP contribution in [-0.4, -0.2) is 21.0 Å². The highest BCUT2D eigenvalue weighted by Gasteiger charge is 2.16. The lowest BCUT2D eigenvalue weighted by Crippen LogP contribution is -2.15. The number of amidine groups is 1. The van der Waals surface area contributed by atoms with Gasteiger partial charge in [-0.15, -0.1) is 0 Å². The third-order valence-corrected chi connectivity index (χ3v) is 3.63. The fourth-order valence-corrected chi connectivity index (χ4v) is 2.64. The highest BCUT2D eigenvalue weighted by atomic mass is 32.2. The van der Waals surface area contributed by atoms with E-state index in [0.717, 1.165) is 5.56 Å². The summed E-state index contributed by atoms with van der Waals surface area (Å²) in [6, 6.07) is 11.7. The molecule has 0 fully saturated rings. The maximum atomic E-state index is 8.72. The van der Waals surface area contributed by atoms with Crippen molar-refractivity contribution in [2.24, 2.45) is 10.9 Å². The summed E-state index contributed by atoms with van der Waals surface area (Å²) >= 11 is 1.49. The molecule has 5 nitrogen and oxygen atoms in total. The van der Waals surface area contributed by atoms with Crippen LogP contribution in [0.1, 0.15) is 17.2 Å². The minimum absolute atomic E-state index is 0.0134. The summed E-state index contributed by atoms with van der Waals surface area (Å²) in [7, 11) is 0. The molecule has 98 valence electrons. The highest BCUT2D eigenvalue weighted by Crippen LogP contribution is 2.35. The fraction of sp³-hybridized carbons (Fsp3) is 0.154. The topological polar surface area (TPSA) is 84.4 Å². The van der Waals surface area contributed by atoms with Crippen LogP contribution in [0.25, 0.3) is 0 Å². The van der Waals surface area contributed by atoms with Gasteiger partial charge in [0.25, 0.3) is 0 Å². The maximum Gasteiger partial charge on any atom is 0.188 e. The third kappa shape index (κ3) is 3.96. The molecule has 1 atom stereocenters. The first-order valence-electron chi connectivity index (χ1n) is 5.74. The van der Waals surface area contributed by atoms with Crippen molar-refractivity contribution in [3.63, 3.8) is 0 Å². The molecular formula is C13H14N4OS. The lowest BCUT2D eigenvalue weighted by molar-refractivity contribution is 0.317. The maximum absolute atomic E-state index is 8.72. The average Bonchev–Trinajstić information content (AvgIpc) is 2.48. The zero-order valence-electron chi connectivity index (χ0n) is 10.2. The molecule has 0 saturated heterocycles. The molecule has 0 bridgehead atoms. The summed E-state index contributed by atoms with van der Waals surface area (Å²) in [6.45, 7) is 0.